The van der Waals surface area contributed by atoms with Gasteiger partial charge < -0.3 is 20.7 Å². The molecule has 0 radical (unpaired) electrons. The summed E-state index contributed by atoms with van der Waals surface area (Å²) in [6, 6.07) is 7.98. The molecule has 0 saturated heterocycles. The third-order valence-corrected chi connectivity index (χ3v) is 5.01. The standard InChI is InChI=1S/C21H25ClFN5O/c1-3-28(4-2)8-5-9-29-20-12-19-15(11-18(20)24)21(26-13-25-19)27-14-6-7-17(23)16(22)10-14/h6-7,10-13H,3-5,8-9,24H2,1-2H3,(H,25,26,27). The van der Waals surface area contributed by atoms with Gasteiger partial charge in [0.1, 0.15) is 23.7 Å². The van der Waals surface area contributed by atoms with Gasteiger partial charge in [-0.25, -0.2) is 14.4 Å². The molecule has 2 aromatic carbocycles. The molecule has 0 bridgehead atoms. The lowest BCUT2D eigenvalue weighted by Crippen LogP contribution is -2.25. The fraction of sp³-hybridized carbons (Fsp3) is 0.333. The summed E-state index contributed by atoms with van der Waals surface area (Å²) in [5.41, 5.74) is 8.02. The molecule has 3 rings (SSSR count). The number of benzene rings is 2. The molecule has 0 spiro atoms. The lowest BCUT2D eigenvalue weighted by Gasteiger charge is -2.18. The predicted molar refractivity (Wildman–Crippen MR) is 117 cm³/mol. The first kappa shape index (κ1) is 21.1. The number of anilines is 3. The first-order valence-electron chi connectivity index (χ1n) is 9.63. The molecule has 154 valence electrons. The third-order valence-electron chi connectivity index (χ3n) is 4.72. The normalized spacial score (nSPS) is 11.2. The average molecular weight is 418 g/mol. The Balaban J connectivity index is 1.75. The number of aromatic nitrogens is 2. The fourth-order valence-electron chi connectivity index (χ4n) is 3.05. The van der Waals surface area contributed by atoms with Crippen molar-refractivity contribution in [2.45, 2.75) is 20.3 Å². The van der Waals surface area contributed by atoms with E-state index in [9.17, 15) is 4.39 Å². The van der Waals surface area contributed by atoms with E-state index in [-0.39, 0.29) is 5.02 Å². The maximum atomic E-state index is 13.4. The van der Waals surface area contributed by atoms with Crippen LogP contribution in [0.5, 0.6) is 5.75 Å². The molecule has 1 heterocycles. The van der Waals surface area contributed by atoms with Gasteiger partial charge in [0.05, 0.1) is 22.8 Å². The minimum atomic E-state index is -0.475. The molecule has 1 aromatic heterocycles. The van der Waals surface area contributed by atoms with E-state index in [0.717, 1.165) is 31.4 Å². The molecule has 0 unspecified atom stereocenters. The molecule has 8 heteroatoms. The quantitative estimate of drug-likeness (QED) is 0.382. The number of ether oxygens (including phenoxy) is 1. The molecule has 6 nitrogen and oxygen atoms in total. The van der Waals surface area contributed by atoms with Crippen molar-refractivity contribution in [3.05, 3.63) is 47.5 Å². The molecule has 3 N–H and O–H groups in total. The van der Waals surface area contributed by atoms with Crippen molar-refractivity contribution >= 4 is 39.7 Å². The van der Waals surface area contributed by atoms with Crippen LogP contribution >= 0.6 is 11.6 Å². The lowest BCUT2D eigenvalue weighted by atomic mass is 10.2. The highest BCUT2D eigenvalue weighted by atomic mass is 35.5. The maximum Gasteiger partial charge on any atom is 0.144 e. The molecule has 3 aromatic rings. The summed E-state index contributed by atoms with van der Waals surface area (Å²) in [5, 5.41) is 3.91. The number of halogens is 2. The molecular formula is C21H25ClFN5O. The summed E-state index contributed by atoms with van der Waals surface area (Å²) in [6.07, 6.45) is 2.37. The van der Waals surface area contributed by atoms with Gasteiger partial charge in [0.2, 0.25) is 0 Å². The van der Waals surface area contributed by atoms with E-state index in [4.69, 9.17) is 22.1 Å². The number of nitrogens with zero attached hydrogens (tertiary/aromatic N) is 3. The predicted octanol–water partition coefficient (Wildman–Crippen LogP) is 4.86. The van der Waals surface area contributed by atoms with Gasteiger partial charge in [-0.3, -0.25) is 0 Å². The number of rotatable bonds is 9. The Bertz CT molecular complexity index is 981. The second-order valence-electron chi connectivity index (χ2n) is 6.61. The second kappa shape index (κ2) is 9.71. The highest BCUT2D eigenvalue weighted by Crippen LogP contribution is 2.32. The van der Waals surface area contributed by atoms with E-state index < -0.39 is 5.82 Å². The van der Waals surface area contributed by atoms with Gasteiger partial charge in [-0.15, -0.1) is 0 Å². The van der Waals surface area contributed by atoms with Gasteiger partial charge >= 0.3 is 0 Å². The van der Waals surface area contributed by atoms with Gasteiger partial charge in [0.25, 0.3) is 0 Å². The van der Waals surface area contributed by atoms with Crippen molar-refractivity contribution in [3.8, 4) is 5.75 Å². The Hall–Kier alpha value is -2.64. The van der Waals surface area contributed by atoms with Gasteiger partial charge in [-0.05, 0) is 43.8 Å². The van der Waals surface area contributed by atoms with Crippen molar-refractivity contribution in [2.24, 2.45) is 0 Å². The zero-order valence-electron chi connectivity index (χ0n) is 16.6. The second-order valence-corrected chi connectivity index (χ2v) is 7.02. The summed E-state index contributed by atoms with van der Waals surface area (Å²) in [5.74, 6) is 0.681. The summed E-state index contributed by atoms with van der Waals surface area (Å²) in [6.45, 7) is 7.92. The molecule has 0 atom stereocenters. The van der Waals surface area contributed by atoms with Crippen LogP contribution in [0.1, 0.15) is 20.3 Å². The molecular weight excluding hydrogens is 393 g/mol. The van der Waals surface area contributed by atoms with E-state index >= 15 is 0 Å². The van der Waals surface area contributed by atoms with Crippen molar-refractivity contribution in [2.75, 3.05) is 37.3 Å². The summed E-state index contributed by atoms with van der Waals surface area (Å²) in [7, 11) is 0. The minimum Gasteiger partial charge on any atom is -0.491 e. The van der Waals surface area contributed by atoms with Crippen LogP contribution in [-0.4, -0.2) is 41.1 Å². The lowest BCUT2D eigenvalue weighted by molar-refractivity contribution is 0.250. The van der Waals surface area contributed by atoms with Crippen molar-refractivity contribution in [1.82, 2.24) is 14.9 Å². The summed E-state index contributed by atoms with van der Waals surface area (Å²) in [4.78, 5) is 10.9. The fourth-order valence-corrected chi connectivity index (χ4v) is 3.23. The minimum absolute atomic E-state index is 0.0354. The Morgan fingerprint density at radius 3 is 2.69 bits per heavy atom. The van der Waals surface area contributed by atoms with Gasteiger partial charge in [0.15, 0.2) is 0 Å². The van der Waals surface area contributed by atoms with Crippen LogP contribution in [-0.2, 0) is 0 Å². The molecule has 0 saturated carbocycles. The van der Waals surface area contributed by atoms with Gasteiger partial charge in [-0.2, -0.15) is 0 Å². The number of nitrogens with two attached hydrogens (primary N) is 1. The number of hydrogen-bond acceptors (Lipinski definition) is 6. The van der Waals surface area contributed by atoms with Crippen LogP contribution in [0.2, 0.25) is 5.02 Å². The maximum absolute atomic E-state index is 13.4. The first-order chi connectivity index (χ1) is 14.0. The van der Waals surface area contributed by atoms with Crippen LogP contribution in [0.4, 0.5) is 21.6 Å². The number of nitrogens with one attached hydrogen (secondary N) is 1. The number of nitrogen functional groups attached to an aromatic ring is 1. The monoisotopic (exact) mass is 417 g/mol. The van der Waals surface area contributed by atoms with E-state index in [1.54, 1.807) is 12.1 Å². The van der Waals surface area contributed by atoms with Crippen LogP contribution in [0, 0.1) is 5.82 Å². The van der Waals surface area contributed by atoms with Crippen LogP contribution in [0.25, 0.3) is 10.9 Å². The number of hydrogen-bond donors (Lipinski definition) is 2. The topological polar surface area (TPSA) is 76.3 Å². The summed E-state index contributed by atoms with van der Waals surface area (Å²) < 4.78 is 19.3. The zero-order valence-corrected chi connectivity index (χ0v) is 17.3. The van der Waals surface area contributed by atoms with Crippen molar-refractivity contribution in [1.29, 1.82) is 0 Å². The molecule has 0 amide bonds. The van der Waals surface area contributed by atoms with E-state index in [0.29, 0.717) is 35.1 Å². The average Bonchev–Trinajstić information content (AvgIpc) is 2.71. The Kier molecular flexibility index (Phi) is 7.06. The molecule has 0 aliphatic heterocycles. The molecule has 0 aliphatic rings. The highest BCUT2D eigenvalue weighted by molar-refractivity contribution is 6.31. The van der Waals surface area contributed by atoms with Gasteiger partial charge in [0, 0.05) is 23.7 Å². The van der Waals surface area contributed by atoms with E-state index in [2.05, 4.69) is 34.0 Å². The Morgan fingerprint density at radius 1 is 1.17 bits per heavy atom. The smallest absolute Gasteiger partial charge is 0.144 e. The molecule has 29 heavy (non-hydrogen) atoms. The van der Waals surface area contributed by atoms with E-state index in [1.165, 1.54) is 18.5 Å². The SMILES string of the molecule is CCN(CC)CCCOc1cc2ncnc(Nc3ccc(F)c(Cl)c3)c2cc1N. The molecule has 0 fully saturated rings. The van der Waals surface area contributed by atoms with Crippen LogP contribution in [0.3, 0.4) is 0 Å². The van der Waals surface area contributed by atoms with Crippen molar-refractivity contribution < 1.29 is 9.13 Å². The number of fused-ring (bicyclic) bond motifs is 1. The van der Waals surface area contributed by atoms with E-state index in [1.807, 2.05) is 6.07 Å². The van der Waals surface area contributed by atoms with Crippen molar-refractivity contribution in [3.63, 3.8) is 0 Å². The largest absolute Gasteiger partial charge is 0.491 e. The third kappa shape index (κ3) is 5.25. The zero-order chi connectivity index (χ0) is 20.8. The Labute approximate surface area is 174 Å². The summed E-state index contributed by atoms with van der Waals surface area (Å²) >= 11 is 5.86. The highest BCUT2D eigenvalue weighted by Gasteiger charge is 2.11. The first-order valence-corrected chi connectivity index (χ1v) is 10.0. The van der Waals surface area contributed by atoms with Crippen LogP contribution < -0.4 is 15.8 Å². The Morgan fingerprint density at radius 2 is 1.97 bits per heavy atom. The molecule has 0 aliphatic carbocycles. The van der Waals surface area contributed by atoms with Gasteiger partial charge in [-0.1, -0.05) is 25.4 Å². The van der Waals surface area contributed by atoms with Crippen LogP contribution in [0.15, 0.2) is 36.7 Å².